The largest absolute Gasteiger partial charge is 0.346 e. The van der Waals surface area contributed by atoms with E-state index in [2.05, 4.69) is 37.7 Å². The Balaban J connectivity index is 2.86. The molecule has 1 rings (SSSR count). The quantitative estimate of drug-likeness (QED) is 0.650. The van der Waals surface area contributed by atoms with Crippen LogP contribution in [0.3, 0.4) is 0 Å². The number of nitrogens with zero attached hydrogens (tertiary/aromatic N) is 1. The Morgan fingerprint density at radius 1 is 1.44 bits per heavy atom. The number of hydrogen-bond acceptors (Lipinski definition) is 3. The molecular weight excluding hydrogens is 236 g/mol. The third-order valence-corrected chi connectivity index (χ3v) is 3.57. The van der Waals surface area contributed by atoms with Crippen molar-refractivity contribution in [3.05, 3.63) is 22.2 Å². The van der Waals surface area contributed by atoms with Gasteiger partial charge in [0.25, 0.3) is 0 Å². The minimum absolute atomic E-state index is 0.0979. The van der Waals surface area contributed by atoms with Crippen LogP contribution in [0.15, 0.2) is 6.07 Å². The van der Waals surface area contributed by atoms with Crippen LogP contribution in [-0.2, 0) is 11.2 Å². The normalized spacial score (nSPS) is 11.8. The molecule has 0 unspecified atom stereocenters. The lowest BCUT2D eigenvalue weighted by Gasteiger charge is -2.19. The van der Waals surface area contributed by atoms with E-state index in [1.807, 2.05) is 17.8 Å². The fourth-order valence-electron chi connectivity index (χ4n) is 1.29. The van der Waals surface area contributed by atoms with Crippen molar-refractivity contribution in [2.75, 3.05) is 5.75 Å². The summed E-state index contributed by atoms with van der Waals surface area (Å²) in [5.74, 6) is 3.08. The Morgan fingerprint density at radius 3 is 2.69 bits per heavy atom. The number of H-pyrrole nitrogens is 1. The number of aromatic nitrogens is 2. The molecule has 0 saturated heterocycles. The second-order valence-corrected chi connectivity index (χ2v) is 6.41. The Labute approximate surface area is 107 Å². The van der Waals surface area contributed by atoms with Gasteiger partial charge in [-0.15, -0.1) is 0 Å². The van der Waals surface area contributed by atoms with Gasteiger partial charge in [0.2, 0.25) is 0 Å². The fourth-order valence-corrected chi connectivity index (χ4v) is 2.28. The van der Waals surface area contributed by atoms with E-state index in [0.29, 0.717) is 4.64 Å². The zero-order valence-corrected chi connectivity index (χ0v) is 12.1. The monoisotopic (exact) mass is 256 g/mol. The molecule has 1 heterocycles. The summed E-state index contributed by atoms with van der Waals surface area (Å²) in [6.07, 6.45) is 1.20. The van der Waals surface area contributed by atoms with Crippen LogP contribution in [0, 0.1) is 4.64 Å². The van der Waals surface area contributed by atoms with E-state index < -0.39 is 0 Å². The minimum atomic E-state index is 0.0979. The van der Waals surface area contributed by atoms with E-state index in [0.717, 1.165) is 11.6 Å². The molecule has 0 radical (unpaired) electrons. The highest BCUT2D eigenvalue weighted by molar-refractivity contribution is 7.98. The summed E-state index contributed by atoms with van der Waals surface area (Å²) in [5, 5.41) is 0. The van der Waals surface area contributed by atoms with Gasteiger partial charge >= 0.3 is 0 Å². The highest BCUT2D eigenvalue weighted by Gasteiger charge is 2.15. The Morgan fingerprint density at radius 2 is 2.12 bits per heavy atom. The standard InChI is InChI=1S/C12H20N2S2/c1-5-6-16-8-10-13-9(12(2,3)4)7-11(15)14-10/h7H,5-6,8H2,1-4H3,(H,13,14,15). The Hall–Kier alpha value is -0.350. The van der Waals surface area contributed by atoms with Gasteiger partial charge in [-0.2, -0.15) is 11.8 Å². The van der Waals surface area contributed by atoms with Crippen LogP contribution in [0.2, 0.25) is 0 Å². The first-order valence-corrected chi connectivity index (χ1v) is 7.18. The number of thioether (sulfide) groups is 1. The maximum atomic E-state index is 5.19. The molecule has 1 aromatic heterocycles. The van der Waals surface area contributed by atoms with Crippen LogP contribution in [0.25, 0.3) is 0 Å². The predicted molar refractivity (Wildman–Crippen MR) is 74.6 cm³/mol. The first kappa shape index (κ1) is 13.7. The first-order valence-electron chi connectivity index (χ1n) is 5.62. The second-order valence-electron chi connectivity index (χ2n) is 4.88. The summed E-state index contributed by atoms with van der Waals surface area (Å²) >= 11 is 7.09. The predicted octanol–water partition coefficient (Wildman–Crippen LogP) is 4.08. The van der Waals surface area contributed by atoms with E-state index in [9.17, 15) is 0 Å². The minimum Gasteiger partial charge on any atom is -0.346 e. The molecule has 0 saturated carbocycles. The maximum Gasteiger partial charge on any atom is 0.130 e. The molecule has 16 heavy (non-hydrogen) atoms. The van der Waals surface area contributed by atoms with Gasteiger partial charge in [0.15, 0.2) is 0 Å². The van der Waals surface area contributed by atoms with Gasteiger partial charge in [-0.3, -0.25) is 0 Å². The molecule has 0 amide bonds. The lowest BCUT2D eigenvalue weighted by atomic mass is 9.92. The van der Waals surface area contributed by atoms with Crippen LogP contribution >= 0.6 is 24.0 Å². The molecule has 0 aliphatic heterocycles. The summed E-state index contributed by atoms with van der Waals surface area (Å²) in [6.45, 7) is 8.72. The molecule has 0 bridgehead atoms. The molecule has 0 fully saturated rings. The van der Waals surface area contributed by atoms with Crippen molar-refractivity contribution in [3.8, 4) is 0 Å². The third kappa shape index (κ3) is 4.26. The van der Waals surface area contributed by atoms with Crippen LogP contribution in [0.1, 0.15) is 45.6 Å². The molecule has 4 heteroatoms. The molecule has 2 nitrogen and oxygen atoms in total. The number of aromatic amines is 1. The van der Waals surface area contributed by atoms with Crippen molar-refractivity contribution < 1.29 is 0 Å². The zero-order valence-electron chi connectivity index (χ0n) is 10.5. The summed E-state index contributed by atoms with van der Waals surface area (Å²) in [6, 6.07) is 1.96. The lowest BCUT2D eigenvalue weighted by Crippen LogP contribution is -2.15. The second kappa shape index (κ2) is 5.82. The molecule has 0 aromatic carbocycles. The molecule has 0 aliphatic rings. The van der Waals surface area contributed by atoms with Gasteiger partial charge in [-0.25, -0.2) is 4.98 Å². The maximum absolute atomic E-state index is 5.19. The Bertz CT molecular complexity index is 391. The number of nitrogens with one attached hydrogen (secondary N) is 1. The average Bonchev–Trinajstić information content (AvgIpc) is 2.16. The summed E-state index contributed by atoms with van der Waals surface area (Å²) in [7, 11) is 0. The smallest absolute Gasteiger partial charge is 0.130 e. The zero-order chi connectivity index (χ0) is 12.2. The third-order valence-electron chi connectivity index (χ3n) is 2.19. The van der Waals surface area contributed by atoms with Crippen molar-refractivity contribution in [2.45, 2.75) is 45.3 Å². The van der Waals surface area contributed by atoms with Crippen LogP contribution in [0.5, 0.6) is 0 Å². The van der Waals surface area contributed by atoms with E-state index >= 15 is 0 Å². The average molecular weight is 256 g/mol. The summed E-state index contributed by atoms with van der Waals surface area (Å²) < 4.78 is 0.691. The lowest BCUT2D eigenvalue weighted by molar-refractivity contribution is 0.563. The van der Waals surface area contributed by atoms with Crippen LogP contribution in [-0.4, -0.2) is 15.7 Å². The molecule has 1 aromatic rings. The van der Waals surface area contributed by atoms with Crippen molar-refractivity contribution in [3.63, 3.8) is 0 Å². The van der Waals surface area contributed by atoms with Crippen molar-refractivity contribution >= 4 is 24.0 Å². The number of hydrogen-bond donors (Lipinski definition) is 1. The van der Waals surface area contributed by atoms with Gasteiger partial charge < -0.3 is 4.98 Å². The van der Waals surface area contributed by atoms with Gasteiger partial charge in [-0.1, -0.05) is 39.9 Å². The van der Waals surface area contributed by atoms with E-state index in [1.54, 1.807) is 0 Å². The molecular formula is C12H20N2S2. The van der Waals surface area contributed by atoms with Gasteiger partial charge in [0, 0.05) is 11.1 Å². The summed E-state index contributed by atoms with van der Waals surface area (Å²) in [5.41, 5.74) is 1.26. The molecule has 0 aliphatic carbocycles. The molecule has 90 valence electrons. The first-order chi connectivity index (χ1) is 7.43. The number of rotatable bonds is 4. The van der Waals surface area contributed by atoms with Crippen LogP contribution < -0.4 is 0 Å². The summed E-state index contributed by atoms with van der Waals surface area (Å²) in [4.78, 5) is 7.74. The van der Waals surface area contributed by atoms with Gasteiger partial charge in [0.05, 0.1) is 5.75 Å². The van der Waals surface area contributed by atoms with Crippen LogP contribution in [0.4, 0.5) is 0 Å². The van der Waals surface area contributed by atoms with E-state index in [4.69, 9.17) is 12.2 Å². The van der Waals surface area contributed by atoms with E-state index in [1.165, 1.54) is 17.9 Å². The van der Waals surface area contributed by atoms with Crippen molar-refractivity contribution in [2.24, 2.45) is 0 Å². The van der Waals surface area contributed by atoms with Gasteiger partial charge in [0.1, 0.15) is 10.5 Å². The molecule has 0 spiro atoms. The fraction of sp³-hybridized carbons (Fsp3) is 0.667. The van der Waals surface area contributed by atoms with Crippen molar-refractivity contribution in [1.29, 1.82) is 0 Å². The highest BCUT2D eigenvalue weighted by atomic mass is 32.2. The van der Waals surface area contributed by atoms with Crippen molar-refractivity contribution in [1.82, 2.24) is 9.97 Å². The van der Waals surface area contributed by atoms with Gasteiger partial charge in [-0.05, 0) is 18.2 Å². The molecule has 1 N–H and O–H groups in total. The Kier molecular flexibility index (Phi) is 4.99. The SMILES string of the molecule is CCCSCc1nc(=S)cc(C(C)(C)C)[nH]1. The van der Waals surface area contributed by atoms with E-state index in [-0.39, 0.29) is 5.41 Å². The molecule has 0 atom stereocenters. The topological polar surface area (TPSA) is 28.7 Å². The highest BCUT2D eigenvalue weighted by Crippen LogP contribution is 2.20.